The van der Waals surface area contributed by atoms with Crippen LogP contribution in [0.2, 0.25) is 0 Å². The third kappa shape index (κ3) is 3.77. The summed E-state index contributed by atoms with van der Waals surface area (Å²) < 4.78 is 18.4. The fraction of sp³-hybridized carbons (Fsp3) is 0.125. The molecule has 0 fully saturated rings. The molecule has 0 bridgehead atoms. The molecule has 3 aromatic rings. The number of hydrogen-bond acceptors (Lipinski definition) is 6. The van der Waals surface area contributed by atoms with Crippen LogP contribution in [0.1, 0.15) is 5.56 Å². The molecule has 0 radical (unpaired) electrons. The summed E-state index contributed by atoms with van der Waals surface area (Å²) in [5.74, 6) is -1.03. The van der Waals surface area contributed by atoms with Gasteiger partial charge in [-0.05, 0) is 29.8 Å². The number of rotatable bonds is 5. The molecule has 2 aromatic carbocycles. The Kier molecular flexibility index (Phi) is 4.57. The van der Waals surface area contributed by atoms with Crippen LogP contribution in [0.5, 0.6) is 11.5 Å². The normalized spacial score (nSPS) is 10.9. The number of thioether (sulfide) groups is 1. The largest absolute Gasteiger partial charge is 0.504 e. The molecule has 0 aliphatic carbocycles. The number of phenols is 2. The first-order valence-corrected chi connectivity index (χ1v) is 7.96. The van der Waals surface area contributed by atoms with Crippen molar-refractivity contribution in [1.29, 1.82) is 0 Å². The van der Waals surface area contributed by atoms with Crippen molar-refractivity contribution < 1.29 is 23.8 Å². The number of oxazole rings is 1. The lowest BCUT2D eigenvalue weighted by Crippen LogP contribution is -2.24. The average molecular weight is 348 g/mol. The molecule has 0 unspecified atom stereocenters. The summed E-state index contributed by atoms with van der Waals surface area (Å²) in [6, 6.07) is 8.36. The molecule has 1 aromatic heterocycles. The Morgan fingerprint density at radius 3 is 2.83 bits per heavy atom. The Bertz CT molecular complexity index is 897. The monoisotopic (exact) mass is 348 g/mol. The molecule has 0 saturated heterocycles. The molecule has 1 amide bonds. The Morgan fingerprint density at radius 2 is 2.04 bits per heavy atom. The summed E-state index contributed by atoms with van der Waals surface area (Å²) in [5.41, 5.74) is 1.51. The van der Waals surface area contributed by atoms with Gasteiger partial charge in [0, 0.05) is 12.6 Å². The van der Waals surface area contributed by atoms with E-state index < -0.39 is 5.82 Å². The molecule has 0 aliphatic rings. The number of aromatic hydroxyl groups is 2. The maximum Gasteiger partial charge on any atom is 0.257 e. The molecule has 24 heavy (non-hydrogen) atoms. The fourth-order valence-corrected chi connectivity index (χ4v) is 2.67. The second-order valence-electron chi connectivity index (χ2n) is 4.98. The van der Waals surface area contributed by atoms with Crippen LogP contribution in [0.4, 0.5) is 4.39 Å². The van der Waals surface area contributed by atoms with Crippen LogP contribution in [-0.4, -0.2) is 26.9 Å². The van der Waals surface area contributed by atoms with Crippen LogP contribution < -0.4 is 5.32 Å². The van der Waals surface area contributed by atoms with Gasteiger partial charge in [-0.1, -0.05) is 17.8 Å². The average Bonchev–Trinajstić information content (AvgIpc) is 2.96. The number of fused-ring (bicyclic) bond motifs is 1. The minimum Gasteiger partial charge on any atom is -0.504 e. The molecule has 124 valence electrons. The molecule has 8 heteroatoms. The van der Waals surface area contributed by atoms with Gasteiger partial charge in [0.1, 0.15) is 11.3 Å². The quantitative estimate of drug-likeness (QED) is 0.485. The van der Waals surface area contributed by atoms with Crippen molar-refractivity contribution in [1.82, 2.24) is 10.3 Å². The third-order valence-corrected chi connectivity index (χ3v) is 4.02. The van der Waals surface area contributed by atoms with E-state index in [-0.39, 0.29) is 34.9 Å². The second kappa shape index (κ2) is 6.79. The number of nitrogens with zero attached hydrogens (tertiary/aromatic N) is 1. The van der Waals surface area contributed by atoms with Crippen LogP contribution in [0.15, 0.2) is 46.0 Å². The van der Waals surface area contributed by atoms with Gasteiger partial charge >= 0.3 is 0 Å². The highest BCUT2D eigenvalue weighted by Gasteiger charge is 2.10. The molecular formula is C16H13FN2O4S. The Balaban J connectivity index is 1.53. The van der Waals surface area contributed by atoms with E-state index in [2.05, 4.69) is 10.3 Å². The van der Waals surface area contributed by atoms with E-state index in [1.807, 2.05) is 0 Å². The first-order valence-electron chi connectivity index (χ1n) is 6.98. The van der Waals surface area contributed by atoms with E-state index >= 15 is 0 Å². The number of carbonyl (C=O) groups is 1. The van der Waals surface area contributed by atoms with Crippen molar-refractivity contribution in [3.8, 4) is 11.5 Å². The van der Waals surface area contributed by atoms with E-state index in [1.165, 1.54) is 30.3 Å². The van der Waals surface area contributed by atoms with Crippen molar-refractivity contribution in [2.45, 2.75) is 11.8 Å². The molecule has 1 heterocycles. The number of halogens is 1. The lowest BCUT2D eigenvalue weighted by Gasteiger charge is -2.05. The summed E-state index contributed by atoms with van der Waals surface area (Å²) in [5, 5.41) is 21.6. The van der Waals surface area contributed by atoms with Crippen molar-refractivity contribution in [2.75, 3.05) is 5.75 Å². The molecule has 0 aliphatic heterocycles. The van der Waals surface area contributed by atoms with Crippen LogP contribution in [0.25, 0.3) is 11.1 Å². The highest BCUT2D eigenvalue weighted by Crippen LogP contribution is 2.25. The lowest BCUT2D eigenvalue weighted by atomic mass is 10.2. The number of aromatic nitrogens is 1. The SMILES string of the molecule is O=C(CSc1nc2ccc(F)cc2o1)NCc1ccc(O)c(O)c1. The zero-order valence-electron chi connectivity index (χ0n) is 12.3. The van der Waals surface area contributed by atoms with Crippen molar-refractivity contribution >= 4 is 28.8 Å². The fourth-order valence-electron chi connectivity index (χ4n) is 2.00. The minimum absolute atomic E-state index is 0.0827. The van der Waals surface area contributed by atoms with Crippen LogP contribution >= 0.6 is 11.8 Å². The smallest absolute Gasteiger partial charge is 0.257 e. The number of benzene rings is 2. The molecule has 0 spiro atoms. The first-order chi connectivity index (χ1) is 11.5. The van der Waals surface area contributed by atoms with E-state index in [0.717, 1.165) is 11.8 Å². The number of phenolic OH excluding ortho intramolecular Hbond substituents is 2. The maximum atomic E-state index is 13.1. The lowest BCUT2D eigenvalue weighted by molar-refractivity contribution is -0.118. The summed E-state index contributed by atoms with van der Waals surface area (Å²) in [7, 11) is 0. The number of carbonyl (C=O) groups excluding carboxylic acids is 1. The highest BCUT2D eigenvalue weighted by molar-refractivity contribution is 7.99. The van der Waals surface area contributed by atoms with Gasteiger partial charge in [0.2, 0.25) is 5.91 Å². The van der Waals surface area contributed by atoms with E-state index in [4.69, 9.17) is 4.42 Å². The zero-order valence-corrected chi connectivity index (χ0v) is 13.1. The number of amides is 1. The van der Waals surface area contributed by atoms with Gasteiger partial charge in [0.15, 0.2) is 17.1 Å². The maximum absolute atomic E-state index is 13.1. The van der Waals surface area contributed by atoms with Gasteiger partial charge in [0.05, 0.1) is 5.75 Å². The Labute approximate surface area is 140 Å². The van der Waals surface area contributed by atoms with E-state index in [9.17, 15) is 19.4 Å². The Hall–Kier alpha value is -2.74. The molecular weight excluding hydrogens is 335 g/mol. The summed E-state index contributed by atoms with van der Waals surface area (Å²) in [6.07, 6.45) is 0. The molecule has 3 rings (SSSR count). The predicted octanol–water partition coefficient (Wildman–Crippen LogP) is 2.79. The van der Waals surface area contributed by atoms with Crippen LogP contribution in [0, 0.1) is 5.82 Å². The topological polar surface area (TPSA) is 95.6 Å². The minimum atomic E-state index is -0.412. The third-order valence-electron chi connectivity index (χ3n) is 3.19. The van der Waals surface area contributed by atoms with Gasteiger partial charge in [-0.2, -0.15) is 0 Å². The molecule has 3 N–H and O–H groups in total. The molecule has 0 atom stereocenters. The van der Waals surface area contributed by atoms with Crippen LogP contribution in [-0.2, 0) is 11.3 Å². The zero-order chi connectivity index (χ0) is 17.1. The summed E-state index contributed by atoms with van der Waals surface area (Å²) >= 11 is 1.10. The van der Waals surface area contributed by atoms with E-state index in [0.29, 0.717) is 16.7 Å². The molecule has 6 nitrogen and oxygen atoms in total. The van der Waals surface area contributed by atoms with Crippen LogP contribution in [0.3, 0.4) is 0 Å². The molecule has 0 saturated carbocycles. The number of hydrogen-bond donors (Lipinski definition) is 3. The van der Waals surface area contributed by atoms with Crippen molar-refractivity contribution in [3.63, 3.8) is 0 Å². The predicted molar refractivity (Wildman–Crippen MR) is 86.3 cm³/mol. The van der Waals surface area contributed by atoms with Gasteiger partial charge in [-0.25, -0.2) is 9.37 Å². The van der Waals surface area contributed by atoms with Gasteiger partial charge in [-0.3, -0.25) is 4.79 Å². The number of nitrogens with one attached hydrogen (secondary N) is 1. The standard InChI is InChI=1S/C16H13FN2O4S/c17-10-2-3-11-14(6-10)23-16(19-11)24-8-15(22)18-7-9-1-4-12(20)13(21)5-9/h1-6,20-21H,7-8H2,(H,18,22). The Morgan fingerprint density at radius 1 is 1.21 bits per heavy atom. The van der Waals surface area contributed by atoms with Gasteiger partial charge in [-0.15, -0.1) is 0 Å². The first kappa shape index (κ1) is 16.1. The van der Waals surface area contributed by atoms with Gasteiger partial charge < -0.3 is 19.9 Å². The van der Waals surface area contributed by atoms with Crippen molar-refractivity contribution in [2.24, 2.45) is 0 Å². The summed E-state index contributed by atoms with van der Waals surface area (Å²) in [4.78, 5) is 16.0. The van der Waals surface area contributed by atoms with E-state index in [1.54, 1.807) is 6.07 Å². The van der Waals surface area contributed by atoms with Crippen molar-refractivity contribution in [3.05, 3.63) is 47.8 Å². The van der Waals surface area contributed by atoms with Gasteiger partial charge in [0.25, 0.3) is 5.22 Å². The summed E-state index contributed by atoms with van der Waals surface area (Å²) in [6.45, 7) is 0.214. The second-order valence-corrected chi connectivity index (χ2v) is 5.91. The highest BCUT2D eigenvalue weighted by atomic mass is 32.2.